The van der Waals surface area contributed by atoms with Crippen LogP contribution in [0.1, 0.15) is 113 Å². The predicted octanol–water partition coefficient (Wildman–Crippen LogP) is 11.0. The lowest BCUT2D eigenvalue weighted by atomic mass is 9.70. The molecule has 4 aliphatic carbocycles. The highest BCUT2D eigenvalue weighted by atomic mass is 14.7. The van der Waals surface area contributed by atoms with Gasteiger partial charge in [0, 0.05) is 23.2 Å². The van der Waals surface area contributed by atoms with Crippen LogP contribution >= 0.6 is 0 Å². The summed E-state index contributed by atoms with van der Waals surface area (Å²) in [5.41, 5.74) is 18.8. The van der Waals surface area contributed by atoms with Crippen LogP contribution in [0.2, 0.25) is 0 Å². The Morgan fingerprint density at radius 3 is 1.26 bits per heavy atom. The van der Waals surface area contributed by atoms with Crippen molar-refractivity contribution in [2.24, 2.45) is 0 Å². The van der Waals surface area contributed by atoms with Gasteiger partial charge in [-0.2, -0.15) is 0 Å². The van der Waals surface area contributed by atoms with E-state index < -0.39 is 5.41 Å². The summed E-state index contributed by atoms with van der Waals surface area (Å²) >= 11 is 0. The summed E-state index contributed by atoms with van der Waals surface area (Å²) in [6.45, 7) is 19.2. The molecule has 0 fully saturated rings. The molecule has 10 rings (SSSR count). The van der Waals surface area contributed by atoms with Crippen molar-refractivity contribution in [1.82, 2.24) is 9.97 Å². The molecule has 1 spiro atoms. The summed E-state index contributed by atoms with van der Waals surface area (Å²) in [7, 11) is 0. The number of nitrogens with zero attached hydrogens (tertiary/aromatic N) is 2. The zero-order valence-corrected chi connectivity index (χ0v) is 28.9. The SMILES string of the molecule is CC1(C)CC(C)(C)c2c1cnc1cc3c(cc21)-c1ccccc1C31c2ccccc2-c2cc3c4c(cnc3cc21)C(C)(C)CC4(C)C. The van der Waals surface area contributed by atoms with Crippen molar-refractivity contribution < 1.29 is 0 Å². The van der Waals surface area contributed by atoms with E-state index in [1.165, 1.54) is 77.5 Å². The smallest absolute Gasteiger partial charge is 0.0727 e. The molecule has 0 atom stereocenters. The molecule has 0 aliphatic heterocycles. The maximum atomic E-state index is 5.23. The second-order valence-electron chi connectivity index (χ2n) is 17.7. The molecule has 0 saturated heterocycles. The fourth-order valence-electron chi connectivity index (χ4n) is 11.6. The first kappa shape index (κ1) is 27.8. The number of hydrogen-bond donors (Lipinski definition) is 0. The van der Waals surface area contributed by atoms with Crippen molar-refractivity contribution in [3.05, 3.63) is 130 Å². The van der Waals surface area contributed by atoms with E-state index in [1.807, 2.05) is 0 Å². The van der Waals surface area contributed by atoms with Crippen molar-refractivity contribution in [1.29, 1.82) is 0 Å². The van der Waals surface area contributed by atoms with Gasteiger partial charge >= 0.3 is 0 Å². The molecule has 47 heavy (non-hydrogen) atoms. The Balaban J connectivity index is 1.34. The molecular weight excluding hydrogens is 569 g/mol. The molecule has 0 radical (unpaired) electrons. The lowest BCUT2D eigenvalue weighted by Gasteiger charge is -2.31. The Bertz CT molecular complexity index is 2250. The second-order valence-corrected chi connectivity index (χ2v) is 17.7. The minimum absolute atomic E-state index is 0.0871. The van der Waals surface area contributed by atoms with Gasteiger partial charge in [0.25, 0.3) is 0 Å². The first-order valence-corrected chi connectivity index (χ1v) is 17.4. The van der Waals surface area contributed by atoms with E-state index in [-0.39, 0.29) is 21.7 Å². The number of benzene rings is 4. The normalized spacial score (nSPS) is 20.6. The highest BCUT2D eigenvalue weighted by Gasteiger charge is 2.53. The first-order valence-electron chi connectivity index (χ1n) is 17.4. The molecule has 0 bridgehead atoms. The molecule has 2 heterocycles. The predicted molar refractivity (Wildman–Crippen MR) is 195 cm³/mol. The summed E-state index contributed by atoms with van der Waals surface area (Å²) in [5, 5.41) is 2.63. The maximum Gasteiger partial charge on any atom is 0.0727 e. The minimum Gasteiger partial charge on any atom is -0.256 e. The summed E-state index contributed by atoms with van der Waals surface area (Å²) in [6, 6.07) is 28.2. The third-order valence-corrected chi connectivity index (χ3v) is 12.6. The highest BCUT2D eigenvalue weighted by Crippen LogP contribution is 2.64. The Labute approximate surface area is 278 Å². The number of fused-ring (bicyclic) bond motifs is 16. The second kappa shape index (κ2) is 8.21. The van der Waals surface area contributed by atoms with Gasteiger partial charge in [0.2, 0.25) is 0 Å². The average molecular weight is 611 g/mol. The van der Waals surface area contributed by atoms with Crippen molar-refractivity contribution in [3.63, 3.8) is 0 Å². The lowest BCUT2D eigenvalue weighted by Crippen LogP contribution is -2.26. The van der Waals surface area contributed by atoms with Gasteiger partial charge in [-0.15, -0.1) is 0 Å². The van der Waals surface area contributed by atoms with Crippen LogP contribution in [0.15, 0.2) is 85.2 Å². The standard InChI is InChI=1S/C45H42N2/c1-41(2)23-43(5,6)39-29-17-27-25-13-9-11-15-31(25)45(33(27)19-37(29)46-21-35(39)41)32-16-12-10-14-26(32)28-18-30-38(20-34(28)45)47-22-36-40(30)44(7,8)24-42(36,3)4/h9-22H,23-24H2,1-8H3. The van der Waals surface area contributed by atoms with Gasteiger partial charge in [0.1, 0.15) is 0 Å². The van der Waals surface area contributed by atoms with Gasteiger partial charge in [-0.1, -0.05) is 104 Å². The van der Waals surface area contributed by atoms with Crippen molar-refractivity contribution >= 4 is 21.8 Å². The molecule has 6 aromatic rings. The molecule has 232 valence electrons. The Hall–Kier alpha value is -4.30. The van der Waals surface area contributed by atoms with Crippen molar-refractivity contribution in [2.75, 3.05) is 0 Å². The van der Waals surface area contributed by atoms with Crippen LogP contribution in [0, 0.1) is 0 Å². The van der Waals surface area contributed by atoms with Crippen LogP contribution in [0.5, 0.6) is 0 Å². The van der Waals surface area contributed by atoms with Crippen LogP contribution in [-0.2, 0) is 27.1 Å². The fourth-order valence-corrected chi connectivity index (χ4v) is 11.6. The summed E-state index contributed by atoms with van der Waals surface area (Å²) < 4.78 is 0. The van der Waals surface area contributed by atoms with Gasteiger partial charge < -0.3 is 0 Å². The third kappa shape index (κ3) is 3.18. The molecule has 0 saturated carbocycles. The van der Waals surface area contributed by atoms with Crippen LogP contribution in [-0.4, -0.2) is 9.97 Å². The summed E-state index contributed by atoms with van der Waals surface area (Å²) in [5.74, 6) is 0. The molecule has 2 heteroatoms. The Kier molecular flexibility index (Phi) is 4.86. The van der Waals surface area contributed by atoms with E-state index in [0.29, 0.717) is 0 Å². The van der Waals surface area contributed by atoms with E-state index >= 15 is 0 Å². The van der Waals surface area contributed by atoms with E-state index in [2.05, 4.69) is 141 Å². The molecule has 2 aromatic heterocycles. The van der Waals surface area contributed by atoms with Gasteiger partial charge in [-0.3, -0.25) is 9.97 Å². The van der Waals surface area contributed by atoms with Gasteiger partial charge in [-0.25, -0.2) is 0 Å². The zero-order chi connectivity index (χ0) is 32.5. The summed E-state index contributed by atoms with van der Waals surface area (Å²) in [4.78, 5) is 10.5. The van der Waals surface area contributed by atoms with Crippen LogP contribution in [0.25, 0.3) is 44.1 Å². The van der Waals surface area contributed by atoms with Gasteiger partial charge in [0.05, 0.1) is 16.4 Å². The monoisotopic (exact) mass is 610 g/mol. The van der Waals surface area contributed by atoms with Gasteiger partial charge in [0.15, 0.2) is 0 Å². The molecule has 2 nitrogen and oxygen atoms in total. The van der Waals surface area contributed by atoms with Crippen LogP contribution in [0.3, 0.4) is 0 Å². The van der Waals surface area contributed by atoms with Gasteiger partial charge in [-0.05, 0) is 126 Å². The first-order chi connectivity index (χ1) is 22.3. The summed E-state index contributed by atoms with van der Waals surface area (Å²) in [6.07, 6.45) is 6.63. The zero-order valence-electron chi connectivity index (χ0n) is 28.9. The largest absolute Gasteiger partial charge is 0.256 e. The molecule has 4 aromatic carbocycles. The quantitative estimate of drug-likeness (QED) is 0.171. The topological polar surface area (TPSA) is 25.8 Å². The number of hydrogen-bond acceptors (Lipinski definition) is 2. The Morgan fingerprint density at radius 1 is 0.426 bits per heavy atom. The van der Waals surface area contributed by atoms with Crippen molar-refractivity contribution in [2.45, 2.75) is 95.3 Å². The number of rotatable bonds is 0. The fraction of sp³-hybridized carbons (Fsp3) is 0.333. The molecule has 4 aliphatic rings. The molecule has 0 unspecified atom stereocenters. The molecular formula is C45H42N2. The van der Waals surface area contributed by atoms with E-state index in [1.54, 1.807) is 0 Å². The Morgan fingerprint density at radius 2 is 0.830 bits per heavy atom. The third-order valence-electron chi connectivity index (χ3n) is 12.6. The maximum absolute atomic E-state index is 5.23. The van der Waals surface area contributed by atoms with Crippen LogP contribution < -0.4 is 0 Å². The number of pyridine rings is 2. The van der Waals surface area contributed by atoms with Crippen molar-refractivity contribution in [3.8, 4) is 22.3 Å². The highest BCUT2D eigenvalue weighted by molar-refractivity contribution is 6.03. The van der Waals surface area contributed by atoms with Crippen LogP contribution in [0.4, 0.5) is 0 Å². The lowest BCUT2D eigenvalue weighted by molar-refractivity contribution is 0.403. The number of aromatic nitrogens is 2. The minimum atomic E-state index is -0.425. The average Bonchev–Trinajstić information content (AvgIpc) is 3.60. The van der Waals surface area contributed by atoms with E-state index in [4.69, 9.17) is 9.97 Å². The molecule has 0 N–H and O–H groups in total. The molecule has 0 amide bonds. The van der Waals surface area contributed by atoms with E-state index in [9.17, 15) is 0 Å². The van der Waals surface area contributed by atoms with E-state index in [0.717, 1.165) is 23.9 Å².